The van der Waals surface area contributed by atoms with Gasteiger partial charge in [-0.15, -0.1) is 0 Å². The summed E-state index contributed by atoms with van der Waals surface area (Å²) in [5.41, 5.74) is -0.380. The molecule has 1 heterocycles. The van der Waals surface area contributed by atoms with E-state index < -0.39 is 29.4 Å². The molecule has 2 rings (SSSR count). The second kappa shape index (κ2) is 6.75. The van der Waals surface area contributed by atoms with E-state index >= 15 is 0 Å². The fraction of sp³-hybridized carbons (Fsp3) is 0.375. The van der Waals surface area contributed by atoms with Gasteiger partial charge in [-0.1, -0.05) is 12.1 Å². The van der Waals surface area contributed by atoms with Crippen LogP contribution in [0.4, 0.5) is 13.2 Å². The van der Waals surface area contributed by atoms with Crippen LogP contribution in [-0.4, -0.2) is 29.8 Å². The van der Waals surface area contributed by atoms with Gasteiger partial charge in [-0.25, -0.2) is 9.86 Å². The van der Waals surface area contributed by atoms with Gasteiger partial charge in [-0.3, -0.25) is 9.63 Å². The van der Waals surface area contributed by atoms with Gasteiger partial charge in [0, 0.05) is 13.8 Å². The Hall–Kier alpha value is -2.55. The second-order valence-electron chi connectivity index (χ2n) is 5.65. The summed E-state index contributed by atoms with van der Waals surface area (Å²) in [6.45, 7) is 2.90. The fourth-order valence-corrected chi connectivity index (χ4v) is 2.07. The third-order valence-corrected chi connectivity index (χ3v) is 3.22. The van der Waals surface area contributed by atoms with E-state index in [0.717, 1.165) is 23.3 Å². The zero-order valence-corrected chi connectivity index (χ0v) is 13.7. The molecular weight excluding hydrogens is 343 g/mol. The molecule has 1 aliphatic rings. The molecule has 0 saturated carbocycles. The minimum absolute atomic E-state index is 0.115. The van der Waals surface area contributed by atoms with Crippen LogP contribution in [0.3, 0.4) is 0 Å². The fourth-order valence-electron chi connectivity index (χ4n) is 2.07. The molecule has 25 heavy (non-hydrogen) atoms. The second-order valence-corrected chi connectivity index (χ2v) is 5.65. The van der Waals surface area contributed by atoms with Crippen molar-refractivity contribution in [1.29, 1.82) is 0 Å². The van der Waals surface area contributed by atoms with E-state index in [1.807, 2.05) is 0 Å². The number of nitrogens with zero attached hydrogens (tertiary/aromatic N) is 1. The molecule has 136 valence electrons. The van der Waals surface area contributed by atoms with Crippen molar-refractivity contribution in [2.75, 3.05) is 7.11 Å². The van der Waals surface area contributed by atoms with Crippen molar-refractivity contribution < 1.29 is 37.1 Å². The molecule has 0 atom stereocenters. The maximum Gasteiger partial charge on any atom is 0.416 e. The highest BCUT2D eigenvalue weighted by molar-refractivity contribution is 5.97. The average Bonchev–Trinajstić information content (AvgIpc) is 2.76. The highest BCUT2D eigenvalue weighted by atomic mass is 19.4. The maximum atomic E-state index is 12.5. The number of hydrogen-bond acceptors (Lipinski definition) is 5. The molecule has 0 unspecified atom stereocenters. The number of benzene rings is 1. The minimum atomic E-state index is -4.44. The highest BCUT2D eigenvalue weighted by Gasteiger charge is 2.38. The SMILES string of the molecule is CON(Cc1ccc(C(F)(F)F)cc1)C(=O)C=C1OC(C)(C)OC1=O. The number of hydrogen-bond donors (Lipinski definition) is 0. The van der Waals surface area contributed by atoms with Crippen molar-refractivity contribution in [2.45, 2.75) is 32.4 Å². The summed E-state index contributed by atoms with van der Waals surface area (Å²) in [5.74, 6) is -2.95. The van der Waals surface area contributed by atoms with E-state index in [9.17, 15) is 22.8 Å². The van der Waals surface area contributed by atoms with E-state index in [2.05, 4.69) is 0 Å². The summed E-state index contributed by atoms with van der Waals surface area (Å²) in [6, 6.07) is 4.29. The number of ether oxygens (including phenoxy) is 2. The van der Waals surface area contributed by atoms with E-state index in [1.54, 1.807) is 0 Å². The summed E-state index contributed by atoms with van der Waals surface area (Å²) >= 11 is 0. The molecule has 1 aliphatic heterocycles. The van der Waals surface area contributed by atoms with Gasteiger partial charge in [0.1, 0.15) is 0 Å². The normalized spacial score (nSPS) is 18.0. The number of hydroxylamine groups is 2. The van der Waals surface area contributed by atoms with Crippen LogP contribution in [-0.2, 0) is 36.6 Å². The van der Waals surface area contributed by atoms with Gasteiger partial charge < -0.3 is 9.47 Å². The minimum Gasteiger partial charge on any atom is -0.445 e. The number of amides is 1. The number of halogens is 3. The molecule has 0 bridgehead atoms. The summed E-state index contributed by atoms with van der Waals surface area (Å²) in [6.07, 6.45) is -3.53. The molecule has 1 amide bonds. The van der Waals surface area contributed by atoms with Crippen LogP contribution in [0.1, 0.15) is 25.0 Å². The Labute approximate surface area is 141 Å². The Bertz CT molecular complexity index is 695. The first-order valence-electron chi connectivity index (χ1n) is 7.17. The van der Waals surface area contributed by atoms with Crippen LogP contribution in [0.25, 0.3) is 0 Å². The topological polar surface area (TPSA) is 65.1 Å². The van der Waals surface area contributed by atoms with Crippen molar-refractivity contribution in [1.82, 2.24) is 5.06 Å². The van der Waals surface area contributed by atoms with Crippen molar-refractivity contribution in [3.63, 3.8) is 0 Å². The van der Waals surface area contributed by atoms with Crippen LogP contribution < -0.4 is 0 Å². The Morgan fingerprint density at radius 1 is 1.24 bits per heavy atom. The maximum absolute atomic E-state index is 12.5. The third-order valence-electron chi connectivity index (χ3n) is 3.22. The summed E-state index contributed by atoms with van der Waals surface area (Å²) < 4.78 is 47.7. The first-order chi connectivity index (χ1) is 11.5. The quantitative estimate of drug-likeness (QED) is 0.470. The van der Waals surface area contributed by atoms with Crippen molar-refractivity contribution in [3.05, 3.63) is 47.2 Å². The Kier molecular flexibility index (Phi) is 5.07. The first-order valence-corrected chi connectivity index (χ1v) is 7.17. The zero-order valence-electron chi connectivity index (χ0n) is 13.7. The van der Waals surface area contributed by atoms with Gasteiger partial charge in [-0.05, 0) is 17.7 Å². The Morgan fingerprint density at radius 3 is 2.28 bits per heavy atom. The number of esters is 1. The summed E-state index contributed by atoms with van der Waals surface area (Å²) in [5, 5.41) is 0.873. The molecule has 0 aliphatic carbocycles. The Balaban J connectivity index is 2.09. The Morgan fingerprint density at radius 2 is 1.84 bits per heavy atom. The molecule has 1 fully saturated rings. The predicted molar refractivity (Wildman–Crippen MR) is 78.3 cm³/mol. The van der Waals surface area contributed by atoms with Crippen LogP contribution in [0.2, 0.25) is 0 Å². The molecule has 9 heteroatoms. The third kappa shape index (κ3) is 4.72. The number of cyclic esters (lactones) is 1. The van der Waals surface area contributed by atoms with Crippen molar-refractivity contribution in [3.8, 4) is 0 Å². The molecule has 0 aromatic heterocycles. The van der Waals surface area contributed by atoms with Crippen LogP contribution in [0.15, 0.2) is 36.1 Å². The molecule has 0 spiro atoms. The van der Waals surface area contributed by atoms with E-state index in [4.69, 9.17) is 14.3 Å². The molecule has 6 nitrogen and oxygen atoms in total. The molecule has 0 N–H and O–H groups in total. The number of alkyl halides is 3. The molecule has 0 radical (unpaired) electrons. The van der Waals surface area contributed by atoms with Gasteiger partial charge in [-0.2, -0.15) is 13.2 Å². The van der Waals surface area contributed by atoms with Gasteiger partial charge in [0.2, 0.25) is 11.5 Å². The largest absolute Gasteiger partial charge is 0.445 e. The van der Waals surface area contributed by atoms with Crippen LogP contribution in [0.5, 0.6) is 0 Å². The number of carbonyl (C=O) groups excluding carboxylic acids is 2. The summed E-state index contributed by atoms with van der Waals surface area (Å²) in [4.78, 5) is 28.7. The zero-order chi connectivity index (χ0) is 18.8. The van der Waals surface area contributed by atoms with Crippen molar-refractivity contribution >= 4 is 11.9 Å². The molecular formula is C16H16F3NO5. The summed E-state index contributed by atoms with van der Waals surface area (Å²) in [7, 11) is 1.22. The van der Waals surface area contributed by atoms with E-state index in [0.29, 0.717) is 5.56 Å². The molecule has 1 aromatic carbocycles. The van der Waals surface area contributed by atoms with E-state index in [-0.39, 0.29) is 12.3 Å². The lowest BCUT2D eigenvalue weighted by Crippen LogP contribution is -2.28. The number of carbonyl (C=O) groups is 2. The van der Waals surface area contributed by atoms with Gasteiger partial charge in [0.15, 0.2) is 0 Å². The highest BCUT2D eigenvalue weighted by Crippen LogP contribution is 2.29. The van der Waals surface area contributed by atoms with Crippen LogP contribution in [0, 0.1) is 0 Å². The number of rotatable bonds is 4. The van der Waals surface area contributed by atoms with E-state index in [1.165, 1.54) is 33.1 Å². The van der Waals surface area contributed by atoms with Gasteiger partial charge >= 0.3 is 12.1 Å². The molecule has 1 aromatic rings. The standard InChI is InChI=1S/C16H16F3NO5/c1-15(2)24-12(14(22)25-15)8-13(21)20(23-3)9-10-4-6-11(7-5-10)16(17,18)19/h4-8H,9H2,1-3H3. The van der Waals surface area contributed by atoms with Crippen molar-refractivity contribution in [2.24, 2.45) is 0 Å². The predicted octanol–water partition coefficient (Wildman–Crippen LogP) is 2.79. The smallest absolute Gasteiger partial charge is 0.416 e. The lowest BCUT2D eigenvalue weighted by Gasteiger charge is -2.18. The first kappa shape index (κ1) is 18.8. The van der Waals surface area contributed by atoms with Gasteiger partial charge in [0.25, 0.3) is 5.91 Å². The van der Waals surface area contributed by atoms with Gasteiger partial charge in [0.05, 0.1) is 25.3 Å². The lowest BCUT2D eigenvalue weighted by atomic mass is 10.1. The molecule has 1 saturated heterocycles. The monoisotopic (exact) mass is 359 g/mol. The average molecular weight is 359 g/mol. The van der Waals surface area contributed by atoms with Crippen LogP contribution >= 0.6 is 0 Å². The lowest BCUT2D eigenvalue weighted by molar-refractivity contribution is -0.173.